The lowest BCUT2D eigenvalue weighted by molar-refractivity contribution is 0.0184. The molecule has 1 N–H and O–H groups in total. The SMILES string of the molecule is CCNCCS(=O)(=O)N1CCC(C)C(OC)C1. The standard InChI is InChI=1S/C11H24N2O3S/c1-4-12-6-8-17(14,15)13-7-5-10(2)11(9-13)16-3/h10-12H,4-9H2,1-3H3. The molecular formula is C11H24N2O3S. The zero-order chi connectivity index (χ0) is 12.9. The molecular weight excluding hydrogens is 240 g/mol. The fourth-order valence-corrected chi connectivity index (χ4v) is 3.49. The maximum atomic E-state index is 12.1. The van der Waals surface area contributed by atoms with Gasteiger partial charge in [0.1, 0.15) is 0 Å². The van der Waals surface area contributed by atoms with Gasteiger partial charge in [-0.25, -0.2) is 8.42 Å². The largest absolute Gasteiger partial charge is 0.380 e. The van der Waals surface area contributed by atoms with Crippen molar-refractivity contribution in [1.29, 1.82) is 0 Å². The Labute approximate surface area is 105 Å². The fraction of sp³-hybridized carbons (Fsp3) is 1.00. The van der Waals surface area contributed by atoms with Crippen LogP contribution in [-0.4, -0.2) is 57.9 Å². The van der Waals surface area contributed by atoms with Crippen LogP contribution in [0.1, 0.15) is 20.3 Å². The topological polar surface area (TPSA) is 58.6 Å². The Balaban J connectivity index is 2.54. The summed E-state index contributed by atoms with van der Waals surface area (Å²) in [7, 11) is -1.48. The summed E-state index contributed by atoms with van der Waals surface area (Å²) in [4.78, 5) is 0. The van der Waals surface area contributed by atoms with Gasteiger partial charge in [-0.3, -0.25) is 0 Å². The summed E-state index contributed by atoms with van der Waals surface area (Å²) in [5, 5.41) is 3.04. The molecule has 17 heavy (non-hydrogen) atoms. The van der Waals surface area contributed by atoms with E-state index in [1.807, 2.05) is 6.92 Å². The predicted molar refractivity (Wildman–Crippen MR) is 68.5 cm³/mol. The van der Waals surface area contributed by atoms with E-state index in [4.69, 9.17) is 4.74 Å². The number of hydrogen-bond acceptors (Lipinski definition) is 4. The minimum Gasteiger partial charge on any atom is -0.380 e. The Morgan fingerprint density at radius 1 is 1.47 bits per heavy atom. The lowest BCUT2D eigenvalue weighted by atomic mass is 9.97. The molecule has 0 aliphatic carbocycles. The van der Waals surface area contributed by atoms with Gasteiger partial charge in [0.05, 0.1) is 11.9 Å². The van der Waals surface area contributed by atoms with Gasteiger partial charge in [-0.2, -0.15) is 4.31 Å². The number of piperidine rings is 1. The third kappa shape index (κ3) is 4.21. The van der Waals surface area contributed by atoms with Crippen LogP contribution in [0.4, 0.5) is 0 Å². The molecule has 0 bridgehead atoms. The molecule has 0 saturated carbocycles. The quantitative estimate of drug-likeness (QED) is 0.700. The van der Waals surface area contributed by atoms with Crippen LogP contribution >= 0.6 is 0 Å². The molecule has 1 saturated heterocycles. The molecule has 1 aliphatic heterocycles. The number of methoxy groups -OCH3 is 1. The molecule has 2 unspecified atom stereocenters. The number of ether oxygens (including phenoxy) is 1. The summed E-state index contributed by atoms with van der Waals surface area (Å²) in [6.07, 6.45) is 0.900. The minimum absolute atomic E-state index is 0.0256. The van der Waals surface area contributed by atoms with E-state index in [1.54, 1.807) is 11.4 Å². The monoisotopic (exact) mass is 264 g/mol. The van der Waals surface area contributed by atoms with Crippen LogP contribution in [0.3, 0.4) is 0 Å². The van der Waals surface area contributed by atoms with Crippen molar-refractivity contribution in [3.63, 3.8) is 0 Å². The van der Waals surface area contributed by atoms with E-state index in [2.05, 4.69) is 12.2 Å². The molecule has 6 heteroatoms. The van der Waals surface area contributed by atoms with Gasteiger partial charge in [0, 0.05) is 26.7 Å². The average molecular weight is 264 g/mol. The molecule has 102 valence electrons. The second kappa shape index (κ2) is 6.68. The number of rotatable bonds is 6. The van der Waals surface area contributed by atoms with Gasteiger partial charge in [-0.1, -0.05) is 13.8 Å². The average Bonchev–Trinajstić information content (AvgIpc) is 2.29. The number of nitrogens with one attached hydrogen (secondary N) is 1. The third-order valence-electron chi connectivity index (χ3n) is 3.34. The number of sulfonamides is 1. The first-order valence-corrected chi connectivity index (χ1v) is 7.83. The molecule has 0 amide bonds. The molecule has 1 rings (SSSR count). The van der Waals surface area contributed by atoms with E-state index in [0.29, 0.717) is 25.6 Å². The van der Waals surface area contributed by atoms with Crippen LogP contribution < -0.4 is 5.32 Å². The Morgan fingerprint density at radius 3 is 2.76 bits per heavy atom. The van der Waals surface area contributed by atoms with Gasteiger partial charge in [0.15, 0.2) is 0 Å². The van der Waals surface area contributed by atoms with Gasteiger partial charge >= 0.3 is 0 Å². The van der Waals surface area contributed by atoms with Crippen molar-refractivity contribution < 1.29 is 13.2 Å². The van der Waals surface area contributed by atoms with Crippen LogP contribution in [0.5, 0.6) is 0 Å². The molecule has 0 spiro atoms. The third-order valence-corrected chi connectivity index (χ3v) is 5.17. The maximum Gasteiger partial charge on any atom is 0.215 e. The predicted octanol–water partition coefficient (Wildman–Crippen LogP) is 0.283. The van der Waals surface area contributed by atoms with Gasteiger partial charge in [-0.15, -0.1) is 0 Å². The van der Waals surface area contributed by atoms with Crippen molar-refractivity contribution in [2.24, 2.45) is 5.92 Å². The van der Waals surface area contributed by atoms with Crippen LogP contribution in [0.15, 0.2) is 0 Å². The normalized spacial score (nSPS) is 27.2. The Bertz CT molecular complexity index is 319. The first-order valence-electron chi connectivity index (χ1n) is 6.22. The smallest absolute Gasteiger partial charge is 0.215 e. The summed E-state index contributed by atoms with van der Waals surface area (Å²) in [6, 6.07) is 0. The second-order valence-electron chi connectivity index (χ2n) is 4.57. The zero-order valence-electron chi connectivity index (χ0n) is 11.0. The van der Waals surface area contributed by atoms with Crippen molar-refractivity contribution in [2.75, 3.05) is 39.0 Å². The summed E-state index contributed by atoms with van der Waals surface area (Å²) >= 11 is 0. The molecule has 1 heterocycles. The van der Waals surface area contributed by atoms with Crippen molar-refractivity contribution in [3.05, 3.63) is 0 Å². The molecule has 0 aromatic heterocycles. The van der Waals surface area contributed by atoms with Crippen molar-refractivity contribution in [2.45, 2.75) is 26.4 Å². The molecule has 2 atom stereocenters. The summed E-state index contributed by atoms with van der Waals surface area (Å²) < 4.78 is 31.0. The summed E-state index contributed by atoms with van der Waals surface area (Å²) in [5.41, 5.74) is 0. The molecule has 5 nitrogen and oxygen atoms in total. The Hall–Kier alpha value is -0.170. The van der Waals surface area contributed by atoms with Gasteiger partial charge in [0.2, 0.25) is 10.0 Å². The minimum atomic E-state index is -3.13. The van der Waals surface area contributed by atoms with Gasteiger partial charge < -0.3 is 10.1 Å². The number of hydrogen-bond donors (Lipinski definition) is 1. The zero-order valence-corrected chi connectivity index (χ0v) is 11.8. The van der Waals surface area contributed by atoms with E-state index in [9.17, 15) is 8.42 Å². The van der Waals surface area contributed by atoms with Crippen LogP contribution in [0.2, 0.25) is 0 Å². The van der Waals surface area contributed by atoms with Gasteiger partial charge in [0.25, 0.3) is 0 Å². The highest BCUT2D eigenvalue weighted by Gasteiger charge is 2.32. The highest BCUT2D eigenvalue weighted by Crippen LogP contribution is 2.21. The first kappa shape index (κ1) is 14.9. The highest BCUT2D eigenvalue weighted by molar-refractivity contribution is 7.89. The fourth-order valence-electron chi connectivity index (χ4n) is 2.07. The number of nitrogens with zero attached hydrogens (tertiary/aromatic N) is 1. The molecule has 1 aliphatic rings. The molecule has 0 radical (unpaired) electrons. The van der Waals surface area contributed by atoms with Crippen LogP contribution in [-0.2, 0) is 14.8 Å². The molecule has 1 fully saturated rings. The van der Waals surface area contributed by atoms with E-state index < -0.39 is 10.0 Å². The van der Waals surface area contributed by atoms with E-state index in [0.717, 1.165) is 13.0 Å². The van der Waals surface area contributed by atoms with Crippen LogP contribution in [0, 0.1) is 5.92 Å². The molecule has 0 aromatic carbocycles. The van der Waals surface area contributed by atoms with Crippen molar-refractivity contribution >= 4 is 10.0 Å². The maximum absolute atomic E-state index is 12.1. The van der Waals surface area contributed by atoms with E-state index >= 15 is 0 Å². The van der Waals surface area contributed by atoms with Gasteiger partial charge in [-0.05, 0) is 18.9 Å². The van der Waals surface area contributed by atoms with Crippen molar-refractivity contribution in [3.8, 4) is 0 Å². The van der Waals surface area contributed by atoms with E-state index in [1.165, 1.54) is 0 Å². The second-order valence-corrected chi connectivity index (χ2v) is 6.66. The first-order chi connectivity index (χ1) is 8.01. The summed E-state index contributed by atoms with van der Waals surface area (Å²) in [6.45, 7) is 6.50. The lowest BCUT2D eigenvalue weighted by Crippen LogP contribution is -2.48. The molecule has 0 aromatic rings. The van der Waals surface area contributed by atoms with Crippen molar-refractivity contribution in [1.82, 2.24) is 9.62 Å². The van der Waals surface area contributed by atoms with E-state index in [-0.39, 0.29) is 11.9 Å². The Morgan fingerprint density at radius 2 is 2.18 bits per heavy atom. The lowest BCUT2D eigenvalue weighted by Gasteiger charge is -2.35. The highest BCUT2D eigenvalue weighted by atomic mass is 32.2. The summed E-state index contributed by atoms with van der Waals surface area (Å²) in [5.74, 6) is 0.603. The Kier molecular flexibility index (Phi) is 5.85. The van der Waals surface area contributed by atoms with Crippen LogP contribution in [0.25, 0.3) is 0 Å².